The van der Waals surface area contributed by atoms with E-state index in [1.54, 1.807) is 11.3 Å². The Kier molecular flexibility index (Phi) is 2.47. The van der Waals surface area contributed by atoms with Crippen LogP contribution in [-0.4, -0.2) is 29.3 Å². The molecule has 1 aromatic carbocycles. The molecule has 1 aliphatic heterocycles. The van der Waals surface area contributed by atoms with Crippen molar-refractivity contribution in [3.05, 3.63) is 18.2 Å². The maximum absolute atomic E-state index is 9.98. The highest BCUT2D eigenvalue weighted by molar-refractivity contribution is 7.22. The highest BCUT2D eigenvalue weighted by Crippen LogP contribution is 2.41. The van der Waals surface area contributed by atoms with Crippen LogP contribution in [0.4, 0.5) is 10.8 Å². The first kappa shape index (κ1) is 11.5. The van der Waals surface area contributed by atoms with Crippen molar-refractivity contribution in [3.8, 4) is 0 Å². The SMILES string of the molecule is Nc1ccc2nc(N3CC4CCC(O)C4C3)sc2c1. The van der Waals surface area contributed by atoms with Gasteiger partial charge in [0.2, 0.25) is 0 Å². The Labute approximate surface area is 115 Å². The van der Waals surface area contributed by atoms with Gasteiger partial charge in [0.15, 0.2) is 5.13 Å². The van der Waals surface area contributed by atoms with Gasteiger partial charge in [0, 0.05) is 24.7 Å². The molecule has 1 saturated carbocycles. The van der Waals surface area contributed by atoms with Crippen LogP contribution in [0.25, 0.3) is 10.2 Å². The molecule has 0 radical (unpaired) electrons. The van der Waals surface area contributed by atoms with Crippen LogP contribution < -0.4 is 10.6 Å². The summed E-state index contributed by atoms with van der Waals surface area (Å²) in [6.07, 6.45) is 2.01. The number of aliphatic hydroxyl groups excluding tert-OH is 1. The molecule has 5 heteroatoms. The highest BCUT2D eigenvalue weighted by Gasteiger charge is 2.42. The molecular formula is C14H17N3OS. The predicted molar refractivity (Wildman–Crippen MR) is 78.5 cm³/mol. The maximum atomic E-state index is 9.98. The second-order valence-electron chi connectivity index (χ2n) is 5.70. The number of rotatable bonds is 1. The molecule has 3 atom stereocenters. The largest absolute Gasteiger partial charge is 0.399 e. The molecule has 1 aliphatic carbocycles. The van der Waals surface area contributed by atoms with E-state index in [4.69, 9.17) is 10.7 Å². The molecule has 3 N–H and O–H groups in total. The van der Waals surface area contributed by atoms with E-state index in [0.717, 1.165) is 47.0 Å². The summed E-state index contributed by atoms with van der Waals surface area (Å²) in [5, 5.41) is 11.1. The Bertz CT molecular complexity index is 626. The van der Waals surface area contributed by atoms with Crippen molar-refractivity contribution in [1.82, 2.24) is 4.98 Å². The second kappa shape index (κ2) is 4.08. The number of aliphatic hydroxyl groups is 1. The lowest BCUT2D eigenvalue weighted by Crippen LogP contribution is -2.24. The molecule has 0 amide bonds. The van der Waals surface area contributed by atoms with Gasteiger partial charge < -0.3 is 15.7 Å². The van der Waals surface area contributed by atoms with E-state index in [9.17, 15) is 5.11 Å². The van der Waals surface area contributed by atoms with Crippen LogP contribution in [0, 0.1) is 11.8 Å². The normalized spacial score (nSPS) is 30.2. The summed E-state index contributed by atoms with van der Waals surface area (Å²) in [6, 6.07) is 5.87. The van der Waals surface area contributed by atoms with E-state index in [2.05, 4.69) is 4.90 Å². The van der Waals surface area contributed by atoms with E-state index >= 15 is 0 Å². The summed E-state index contributed by atoms with van der Waals surface area (Å²) >= 11 is 1.70. The van der Waals surface area contributed by atoms with Gasteiger partial charge in [0.1, 0.15) is 0 Å². The zero-order chi connectivity index (χ0) is 13.0. The zero-order valence-electron chi connectivity index (χ0n) is 10.6. The summed E-state index contributed by atoms with van der Waals surface area (Å²) in [7, 11) is 0. The van der Waals surface area contributed by atoms with Crippen LogP contribution in [0.2, 0.25) is 0 Å². The van der Waals surface area contributed by atoms with Crippen molar-refractivity contribution in [3.63, 3.8) is 0 Å². The van der Waals surface area contributed by atoms with Crippen LogP contribution in [0.5, 0.6) is 0 Å². The lowest BCUT2D eigenvalue weighted by Gasteiger charge is -2.16. The van der Waals surface area contributed by atoms with Gasteiger partial charge in [-0.15, -0.1) is 0 Å². The fraction of sp³-hybridized carbons (Fsp3) is 0.500. The van der Waals surface area contributed by atoms with Gasteiger partial charge in [0.25, 0.3) is 0 Å². The van der Waals surface area contributed by atoms with E-state index in [-0.39, 0.29) is 6.10 Å². The number of thiazole rings is 1. The average molecular weight is 275 g/mol. The third-order valence-corrected chi connectivity index (χ3v) is 5.57. The number of benzene rings is 1. The molecule has 4 nitrogen and oxygen atoms in total. The Morgan fingerprint density at radius 3 is 3.05 bits per heavy atom. The standard InChI is InChI=1S/C14H17N3OS/c15-9-2-3-11-13(5-9)19-14(16-11)17-6-8-1-4-12(18)10(8)7-17/h2-3,5,8,10,12,18H,1,4,6-7,15H2. The third-order valence-electron chi connectivity index (χ3n) is 4.49. The monoisotopic (exact) mass is 275 g/mol. The first-order valence-electron chi connectivity index (χ1n) is 6.80. The second-order valence-corrected chi connectivity index (χ2v) is 6.71. The number of nitrogen functional groups attached to an aromatic ring is 1. The molecule has 4 rings (SSSR count). The Balaban J connectivity index is 1.65. The Hall–Kier alpha value is -1.33. The topological polar surface area (TPSA) is 62.4 Å². The van der Waals surface area contributed by atoms with E-state index in [0.29, 0.717) is 11.8 Å². The van der Waals surface area contributed by atoms with Crippen LogP contribution in [-0.2, 0) is 0 Å². The fourth-order valence-corrected chi connectivity index (χ4v) is 4.49. The van der Waals surface area contributed by atoms with Crippen molar-refractivity contribution in [1.29, 1.82) is 0 Å². The fourth-order valence-electron chi connectivity index (χ4n) is 3.46. The maximum Gasteiger partial charge on any atom is 0.186 e. The van der Waals surface area contributed by atoms with Crippen molar-refractivity contribution < 1.29 is 5.11 Å². The number of anilines is 2. The average Bonchev–Trinajstić information content (AvgIpc) is 3.04. The van der Waals surface area contributed by atoms with E-state index < -0.39 is 0 Å². The van der Waals surface area contributed by atoms with Gasteiger partial charge >= 0.3 is 0 Å². The third kappa shape index (κ3) is 1.80. The molecule has 2 aromatic rings. The van der Waals surface area contributed by atoms with Gasteiger partial charge in [-0.3, -0.25) is 0 Å². The van der Waals surface area contributed by atoms with Crippen LogP contribution in [0.1, 0.15) is 12.8 Å². The summed E-state index contributed by atoms with van der Waals surface area (Å²) in [4.78, 5) is 7.03. The smallest absolute Gasteiger partial charge is 0.186 e. The molecule has 2 fully saturated rings. The first-order valence-corrected chi connectivity index (χ1v) is 7.61. The molecule has 1 saturated heterocycles. The highest BCUT2D eigenvalue weighted by atomic mass is 32.1. The molecule has 0 bridgehead atoms. The molecule has 1 aromatic heterocycles. The lowest BCUT2D eigenvalue weighted by molar-refractivity contribution is 0.133. The summed E-state index contributed by atoms with van der Waals surface area (Å²) in [6.45, 7) is 1.98. The van der Waals surface area contributed by atoms with E-state index in [1.807, 2.05) is 18.2 Å². The molecular weight excluding hydrogens is 258 g/mol. The zero-order valence-corrected chi connectivity index (χ0v) is 11.4. The van der Waals surface area contributed by atoms with Gasteiger partial charge in [0.05, 0.1) is 16.3 Å². The van der Waals surface area contributed by atoms with Crippen LogP contribution in [0.15, 0.2) is 18.2 Å². The van der Waals surface area contributed by atoms with Gasteiger partial charge in [-0.05, 0) is 37.0 Å². The summed E-state index contributed by atoms with van der Waals surface area (Å²) < 4.78 is 1.15. The van der Waals surface area contributed by atoms with Gasteiger partial charge in [-0.2, -0.15) is 0 Å². The number of nitrogens with zero attached hydrogens (tertiary/aromatic N) is 2. The minimum Gasteiger partial charge on any atom is -0.399 e. The van der Waals surface area contributed by atoms with Crippen molar-refractivity contribution >= 4 is 32.4 Å². The van der Waals surface area contributed by atoms with Crippen molar-refractivity contribution in [2.24, 2.45) is 11.8 Å². The van der Waals surface area contributed by atoms with Crippen molar-refractivity contribution in [2.45, 2.75) is 18.9 Å². The number of hydrogen-bond donors (Lipinski definition) is 2. The van der Waals surface area contributed by atoms with Gasteiger partial charge in [-0.25, -0.2) is 4.98 Å². The molecule has 0 spiro atoms. The number of nitrogens with two attached hydrogens (primary N) is 1. The van der Waals surface area contributed by atoms with Crippen LogP contribution >= 0.6 is 11.3 Å². The molecule has 100 valence electrons. The molecule has 19 heavy (non-hydrogen) atoms. The first-order chi connectivity index (χ1) is 9.20. The van der Waals surface area contributed by atoms with Crippen molar-refractivity contribution in [2.75, 3.05) is 23.7 Å². The molecule has 2 heterocycles. The quantitative estimate of drug-likeness (QED) is 0.782. The summed E-state index contributed by atoms with van der Waals surface area (Å²) in [5.41, 5.74) is 7.62. The number of fused-ring (bicyclic) bond motifs is 2. The van der Waals surface area contributed by atoms with E-state index in [1.165, 1.54) is 0 Å². The minimum absolute atomic E-state index is 0.111. The Morgan fingerprint density at radius 1 is 1.32 bits per heavy atom. The van der Waals surface area contributed by atoms with Gasteiger partial charge in [-0.1, -0.05) is 11.3 Å². The van der Waals surface area contributed by atoms with Crippen LogP contribution in [0.3, 0.4) is 0 Å². The summed E-state index contributed by atoms with van der Waals surface area (Å²) in [5.74, 6) is 1.09. The predicted octanol–water partition coefficient (Wildman–Crippen LogP) is 2.09. The minimum atomic E-state index is -0.111. The number of hydrogen-bond acceptors (Lipinski definition) is 5. The lowest BCUT2D eigenvalue weighted by atomic mass is 10.00. The number of aromatic nitrogens is 1. The Morgan fingerprint density at radius 2 is 2.21 bits per heavy atom. The molecule has 2 aliphatic rings. The molecule has 3 unspecified atom stereocenters.